The first kappa shape index (κ1) is 5.90. The van der Waals surface area contributed by atoms with Crippen LogP contribution < -0.4 is 0 Å². The summed E-state index contributed by atoms with van der Waals surface area (Å²) in [5.74, 6) is -0.512. The zero-order chi connectivity index (χ0) is 5.70. The molecule has 0 bridgehead atoms. The van der Waals surface area contributed by atoms with Crippen LogP contribution in [0.15, 0.2) is 12.2 Å². The molecule has 0 N–H and O–H groups in total. The second-order valence-corrected chi connectivity index (χ2v) is 0.950. The lowest BCUT2D eigenvalue weighted by Crippen LogP contribution is -1.76. The largest absolute Gasteiger partial charge is 0.378 e. The Morgan fingerprint density at radius 1 is 1.86 bits per heavy atom. The van der Waals surface area contributed by atoms with E-state index >= 15 is 0 Å². The molecule has 0 fully saturated rings. The number of nitrogens with zero attached hydrogens (tertiary/aromatic N) is 1. The Hall–Kier alpha value is -1.10. The molecule has 0 atom stereocenters. The molecule has 7 heavy (non-hydrogen) atoms. The predicted molar refractivity (Wildman–Crippen MR) is 26.4 cm³/mol. The fourth-order valence-corrected chi connectivity index (χ4v) is 0.180. The zero-order valence-electron chi connectivity index (χ0n) is 4.01. The van der Waals surface area contributed by atoms with Gasteiger partial charge in [-0.1, -0.05) is 6.08 Å². The molecule has 0 aliphatic carbocycles. The maximum atomic E-state index is 9.97. The average Bonchev–Trinajstić information content (AvgIpc) is 1.68. The van der Waals surface area contributed by atoms with Gasteiger partial charge in [-0.15, -0.1) is 0 Å². The normalized spacial score (nSPS) is 8.57. The second kappa shape index (κ2) is 3.10. The molecule has 0 saturated carbocycles. The highest BCUT2D eigenvalue weighted by Gasteiger charge is 1.83. The van der Waals surface area contributed by atoms with E-state index < -0.39 is 5.91 Å². The van der Waals surface area contributed by atoms with Gasteiger partial charge in [-0.2, -0.15) is 4.85 Å². The van der Waals surface area contributed by atoms with Crippen LogP contribution in [0.5, 0.6) is 0 Å². The first-order valence-corrected chi connectivity index (χ1v) is 1.85. The number of hydrogen-bond acceptors (Lipinski definition) is 1. The van der Waals surface area contributed by atoms with Crippen LogP contribution in [0.25, 0.3) is 4.85 Å². The van der Waals surface area contributed by atoms with Gasteiger partial charge < -0.3 is 4.79 Å². The van der Waals surface area contributed by atoms with E-state index in [0.717, 1.165) is 0 Å². The van der Waals surface area contributed by atoms with Crippen molar-refractivity contribution >= 4 is 5.91 Å². The molecule has 2 nitrogen and oxygen atoms in total. The Morgan fingerprint density at radius 2 is 2.43 bits per heavy atom. The van der Waals surface area contributed by atoms with E-state index in [4.69, 9.17) is 6.57 Å². The number of hydrogen-bond donors (Lipinski definition) is 0. The predicted octanol–water partition coefficient (Wildman–Crippen LogP) is 1.01. The molecule has 0 rings (SSSR count). The Kier molecular flexibility index (Phi) is 2.62. The highest BCUT2D eigenvalue weighted by Crippen LogP contribution is 1.74. The molecule has 0 aromatic rings. The fraction of sp³-hybridized carbons (Fsp3) is 0.200. The van der Waals surface area contributed by atoms with Gasteiger partial charge in [-0.05, 0) is 13.0 Å². The summed E-state index contributed by atoms with van der Waals surface area (Å²) in [5, 5.41) is 0. The Bertz CT molecular complexity index is 130. The third-order valence-electron chi connectivity index (χ3n) is 0.419. The van der Waals surface area contributed by atoms with Crippen LogP contribution in [0, 0.1) is 6.57 Å². The summed E-state index contributed by atoms with van der Waals surface area (Å²) in [6.07, 6.45) is 2.77. The molecule has 0 spiro atoms. The van der Waals surface area contributed by atoms with Crippen LogP contribution in [0.4, 0.5) is 0 Å². The number of carbonyl (C=O) groups is 1. The maximum Gasteiger partial charge on any atom is 0.378 e. The Balaban J connectivity index is 3.66. The molecule has 0 radical (unpaired) electrons. The van der Waals surface area contributed by atoms with Crippen LogP contribution in [-0.2, 0) is 4.79 Å². The molecule has 0 aromatic heterocycles. The standard InChI is InChI=1S/C5H5NO/c1-3-4-5(7)6-2/h3-4H,1H3/b4-3+. The van der Waals surface area contributed by atoms with E-state index in [0.29, 0.717) is 0 Å². The Morgan fingerprint density at radius 3 is 2.57 bits per heavy atom. The van der Waals surface area contributed by atoms with E-state index in [1.807, 2.05) is 0 Å². The molecule has 0 aliphatic rings. The van der Waals surface area contributed by atoms with Gasteiger partial charge >= 0.3 is 5.91 Å². The second-order valence-electron chi connectivity index (χ2n) is 0.950. The Labute approximate surface area is 42.3 Å². The molecule has 0 unspecified atom stereocenters. The number of rotatable bonds is 1. The summed E-state index contributed by atoms with van der Waals surface area (Å²) in [6.45, 7) is 7.83. The molecule has 0 saturated heterocycles. The molecule has 1 amide bonds. The minimum absolute atomic E-state index is 0.512. The van der Waals surface area contributed by atoms with Crippen molar-refractivity contribution in [3.8, 4) is 0 Å². The highest BCUT2D eigenvalue weighted by atomic mass is 16.1. The van der Waals surface area contributed by atoms with E-state index in [1.165, 1.54) is 6.08 Å². The quantitative estimate of drug-likeness (QED) is 0.352. The minimum Gasteiger partial charge on any atom is -0.311 e. The van der Waals surface area contributed by atoms with E-state index in [1.54, 1.807) is 13.0 Å². The molecule has 0 aromatic carbocycles. The zero-order valence-corrected chi connectivity index (χ0v) is 4.01. The third-order valence-corrected chi connectivity index (χ3v) is 0.419. The van der Waals surface area contributed by atoms with Crippen LogP contribution in [0.3, 0.4) is 0 Å². The van der Waals surface area contributed by atoms with Crippen LogP contribution in [0.1, 0.15) is 6.92 Å². The SMILES string of the molecule is [C-]#[N+]C(=O)/C=C/C. The van der Waals surface area contributed by atoms with Crippen molar-refractivity contribution in [2.75, 3.05) is 0 Å². The van der Waals surface area contributed by atoms with Crippen molar-refractivity contribution in [2.24, 2.45) is 0 Å². The first-order chi connectivity index (χ1) is 3.31. The topological polar surface area (TPSA) is 21.4 Å². The lowest BCUT2D eigenvalue weighted by molar-refractivity contribution is -0.110. The van der Waals surface area contributed by atoms with Gasteiger partial charge in [0, 0.05) is 0 Å². The van der Waals surface area contributed by atoms with Gasteiger partial charge in [-0.25, -0.2) is 0 Å². The summed E-state index contributed by atoms with van der Waals surface area (Å²) in [6, 6.07) is 0. The monoisotopic (exact) mass is 95.0 g/mol. The summed E-state index contributed by atoms with van der Waals surface area (Å²) in [5.41, 5.74) is 0. The maximum absolute atomic E-state index is 9.97. The molecular weight excluding hydrogens is 90.1 g/mol. The molecule has 0 aliphatic heterocycles. The summed E-state index contributed by atoms with van der Waals surface area (Å²) >= 11 is 0. The summed E-state index contributed by atoms with van der Waals surface area (Å²) in [7, 11) is 0. The summed E-state index contributed by atoms with van der Waals surface area (Å²) < 4.78 is 0. The van der Waals surface area contributed by atoms with Crippen molar-refractivity contribution in [3.05, 3.63) is 23.6 Å². The number of allylic oxidation sites excluding steroid dienone is 1. The third kappa shape index (κ3) is 2.71. The van der Waals surface area contributed by atoms with Crippen molar-refractivity contribution in [1.82, 2.24) is 0 Å². The van der Waals surface area contributed by atoms with Gasteiger partial charge in [0.15, 0.2) is 0 Å². The van der Waals surface area contributed by atoms with Gasteiger partial charge in [0.2, 0.25) is 0 Å². The molecule has 0 heterocycles. The minimum atomic E-state index is -0.512. The average molecular weight is 95.1 g/mol. The lowest BCUT2D eigenvalue weighted by atomic mass is 10.5. The van der Waals surface area contributed by atoms with Crippen LogP contribution in [0.2, 0.25) is 0 Å². The van der Waals surface area contributed by atoms with Crippen LogP contribution in [-0.4, -0.2) is 5.91 Å². The number of carbonyl (C=O) groups excluding carboxylic acids is 1. The van der Waals surface area contributed by atoms with Crippen molar-refractivity contribution in [3.63, 3.8) is 0 Å². The molecular formula is C5H5NO. The van der Waals surface area contributed by atoms with E-state index in [9.17, 15) is 4.79 Å². The highest BCUT2D eigenvalue weighted by molar-refractivity contribution is 5.95. The van der Waals surface area contributed by atoms with Gasteiger partial charge in [-0.3, -0.25) is 0 Å². The molecule has 36 valence electrons. The van der Waals surface area contributed by atoms with Crippen molar-refractivity contribution in [1.29, 1.82) is 0 Å². The van der Waals surface area contributed by atoms with Crippen LogP contribution >= 0.6 is 0 Å². The smallest absolute Gasteiger partial charge is 0.311 e. The van der Waals surface area contributed by atoms with Crippen molar-refractivity contribution < 1.29 is 4.79 Å². The summed E-state index contributed by atoms with van der Waals surface area (Å²) in [4.78, 5) is 12.6. The van der Waals surface area contributed by atoms with Gasteiger partial charge in [0.05, 0.1) is 6.57 Å². The van der Waals surface area contributed by atoms with Crippen molar-refractivity contribution in [2.45, 2.75) is 6.92 Å². The first-order valence-electron chi connectivity index (χ1n) is 1.85. The van der Waals surface area contributed by atoms with E-state index in [2.05, 4.69) is 4.85 Å². The number of amides is 1. The lowest BCUT2D eigenvalue weighted by Gasteiger charge is -1.66. The molecule has 2 heteroatoms. The fourth-order valence-electron chi connectivity index (χ4n) is 0.180. The van der Waals surface area contributed by atoms with Gasteiger partial charge in [0.25, 0.3) is 0 Å². The van der Waals surface area contributed by atoms with Gasteiger partial charge in [0.1, 0.15) is 0 Å². The van der Waals surface area contributed by atoms with E-state index in [-0.39, 0.29) is 0 Å².